The third-order valence-corrected chi connectivity index (χ3v) is 7.03. The zero-order valence-electron chi connectivity index (χ0n) is 19.0. The molecule has 0 atom stereocenters. The van der Waals surface area contributed by atoms with Crippen molar-refractivity contribution in [3.8, 4) is 5.75 Å². The molecule has 0 bridgehead atoms. The Labute approximate surface area is 197 Å². The highest BCUT2D eigenvalue weighted by Gasteiger charge is 2.26. The SMILES string of the molecule is Cc1ccc(OCC(=O)N2CCC(c3nc(C(=O)NCCc4cnc[nH]4)cs3)CC2)cc1C. The molecular weight excluding hydrogens is 438 g/mol. The van der Waals surface area contributed by atoms with E-state index in [-0.39, 0.29) is 24.3 Å². The number of nitrogens with zero attached hydrogens (tertiary/aromatic N) is 3. The maximum Gasteiger partial charge on any atom is 0.270 e. The van der Waals surface area contributed by atoms with Gasteiger partial charge in [-0.2, -0.15) is 0 Å². The summed E-state index contributed by atoms with van der Waals surface area (Å²) in [5.41, 5.74) is 3.79. The molecule has 3 heterocycles. The van der Waals surface area contributed by atoms with E-state index in [2.05, 4.69) is 27.2 Å². The molecule has 174 valence electrons. The molecule has 2 aromatic heterocycles. The highest BCUT2D eigenvalue weighted by Crippen LogP contribution is 2.30. The molecule has 0 unspecified atom stereocenters. The van der Waals surface area contributed by atoms with E-state index in [9.17, 15) is 9.59 Å². The van der Waals surface area contributed by atoms with E-state index in [1.165, 1.54) is 16.9 Å². The van der Waals surface area contributed by atoms with Gasteiger partial charge in [-0.1, -0.05) is 6.07 Å². The molecule has 2 N–H and O–H groups in total. The van der Waals surface area contributed by atoms with Crippen LogP contribution in [0.5, 0.6) is 5.75 Å². The number of likely N-dealkylation sites (tertiary alicyclic amines) is 1. The lowest BCUT2D eigenvalue weighted by atomic mass is 9.97. The summed E-state index contributed by atoms with van der Waals surface area (Å²) >= 11 is 1.52. The number of H-pyrrole nitrogens is 1. The number of hydrogen-bond donors (Lipinski definition) is 2. The molecule has 4 rings (SSSR count). The quantitative estimate of drug-likeness (QED) is 0.530. The van der Waals surface area contributed by atoms with Crippen molar-refractivity contribution in [3.05, 3.63) is 63.6 Å². The molecule has 3 aromatic rings. The van der Waals surface area contributed by atoms with Crippen LogP contribution in [0.2, 0.25) is 0 Å². The lowest BCUT2D eigenvalue weighted by molar-refractivity contribution is -0.134. The summed E-state index contributed by atoms with van der Waals surface area (Å²) < 4.78 is 5.70. The number of nitrogens with one attached hydrogen (secondary N) is 2. The number of imidazole rings is 1. The lowest BCUT2D eigenvalue weighted by Gasteiger charge is -2.31. The monoisotopic (exact) mass is 467 g/mol. The predicted octanol–water partition coefficient (Wildman–Crippen LogP) is 3.24. The highest BCUT2D eigenvalue weighted by atomic mass is 32.1. The molecule has 33 heavy (non-hydrogen) atoms. The van der Waals surface area contributed by atoms with E-state index in [1.807, 2.05) is 35.4 Å². The molecule has 2 amide bonds. The van der Waals surface area contributed by atoms with E-state index in [1.54, 1.807) is 12.5 Å². The van der Waals surface area contributed by atoms with Crippen molar-refractivity contribution in [3.63, 3.8) is 0 Å². The zero-order valence-corrected chi connectivity index (χ0v) is 19.8. The smallest absolute Gasteiger partial charge is 0.270 e. The second-order valence-electron chi connectivity index (χ2n) is 8.34. The van der Waals surface area contributed by atoms with Crippen molar-refractivity contribution in [1.82, 2.24) is 25.2 Å². The van der Waals surface area contributed by atoms with Gasteiger partial charge in [-0.15, -0.1) is 11.3 Å². The summed E-state index contributed by atoms with van der Waals surface area (Å²) in [4.78, 5) is 38.4. The largest absolute Gasteiger partial charge is 0.484 e. The van der Waals surface area contributed by atoms with Crippen LogP contribution in [-0.2, 0) is 11.2 Å². The first-order valence-electron chi connectivity index (χ1n) is 11.2. The van der Waals surface area contributed by atoms with Crippen LogP contribution in [0, 0.1) is 13.8 Å². The van der Waals surface area contributed by atoms with Crippen molar-refractivity contribution in [2.24, 2.45) is 0 Å². The summed E-state index contributed by atoms with van der Waals surface area (Å²) in [6.45, 7) is 6.00. The first kappa shape index (κ1) is 23.0. The molecule has 0 radical (unpaired) electrons. The van der Waals surface area contributed by atoms with Gasteiger partial charge in [0, 0.05) is 49.2 Å². The maximum absolute atomic E-state index is 12.6. The molecule has 1 aliphatic heterocycles. The molecule has 8 nitrogen and oxygen atoms in total. The topological polar surface area (TPSA) is 100 Å². The van der Waals surface area contributed by atoms with Gasteiger partial charge >= 0.3 is 0 Å². The van der Waals surface area contributed by atoms with E-state index < -0.39 is 0 Å². The van der Waals surface area contributed by atoms with Crippen LogP contribution in [0.25, 0.3) is 0 Å². The van der Waals surface area contributed by atoms with Gasteiger partial charge in [0.25, 0.3) is 11.8 Å². The zero-order chi connectivity index (χ0) is 23.2. The first-order chi connectivity index (χ1) is 16.0. The minimum atomic E-state index is -0.159. The van der Waals surface area contributed by atoms with Crippen LogP contribution < -0.4 is 10.1 Å². The van der Waals surface area contributed by atoms with E-state index >= 15 is 0 Å². The van der Waals surface area contributed by atoms with Crippen LogP contribution >= 0.6 is 11.3 Å². The Kier molecular flexibility index (Phi) is 7.39. The summed E-state index contributed by atoms with van der Waals surface area (Å²) in [7, 11) is 0. The Morgan fingerprint density at radius 3 is 2.79 bits per heavy atom. The molecule has 1 fully saturated rings. The molecular formula is C24H29N5O3S. The van der Waals surface area contributed by atoms with Gasteiger partial charge in [-0.25, -0.2) is 9.97 Å². The second-order valence-corrected chi connectivity index (χ2v) is 9.23. The molecule has 1 aromatic carbocycles. The molecule has 1 aliphatic rings. The summed E-state index contributed by atoms with van der Waals surface area (Å²) in [5, 5.41) is 5.68. The number of rotatable bonds is 8. The molecule has 0 aliphatic carbocycles. The van der Waals surface area contributed by atoms with Crippen LogP contribution in [0.1, 0.15) is 51.1 Å². The van der Waals surface area contributed by atoms with Gasteiger partial charge in [0.15, 0.2) is 6.61 Å². The fraction of sp³-hybridized carbons (Fsp3) is 0.417. The number of aryl methyl sites for hydroxylation is 2. The third-order valence-electron chi connectivity index (χ3n) is 6.03. The van der Waals surface area contributed by atoms with Crippen molar-refractivity contribution < 1.29 is 14.3 Å². The van der Waals surface area contributed by atoms with Gasteiger partial charge in [-0.05, 0) is 49.9 Å². The van der Waals surface area contributed by atoms with Crippen LogP contribution in [0.3, 0.4) is 0 Å². The van der Waals surface area contributed by atoms with Gasteiger partial charge in [0.1, 0.15) is 11.4 Å². The summed E-state index contributed by atoms with van der Waals surface area (Å²) in [6, 6.07) is 5.86. The standard InChI is InChI=1S/C24H29N5O3S/c1-16-3-4-20(11-17(16)2)32-13-22(30)29-9-6-18(7-10-29)24-28-21(14-33-24)23(31)26-8-5-19-12-25-15-27-19/h3-4,11-12,14-15,18H,5-10,13H2,1-2H3,(H,25,27)(H,26,31). The number of aromatic amines is 1. The molecule has 1 saturated heterocycles. The van der Waals surface area contributed by atoms with Crippen LogP contribution in [0.15, 0.2) is 36.1 Å². The first-order valence-corrected chi connectivity index (χ1v) is 12.1. The number of piperidine rings is 1. The average Bonchev–Trinajstić information content (AvgIpc) is 3.52. The Balaban J connectivity index is 1.21. The van der Waals surface area contributed by atoms with E-state index in [0.717, 1.165) is 34.9 Å². The Morgan fingerprint density at radius 2 is 2.06 bits per heavy atom. The number of thiazole rings is 1. The normalized spacial score (nSPS) is 14.3. The van der Waals surface area contributed by atoms with Crippen LogP contribution in [0.4, 0.5) is 0 Å². The molecule has 0 spiro atoms. The van der Waals surface area contributed by atoms with Crippen molar-refractivity contribution >= 4 is 23.2 Å². The lowest BCUT2D eigenvalue weighted by Crippen LogP contribution is -2.40. The van der Waals surface area contributed by atoms with Crippen molar-refractivity contribution in [2.45, 2.75) is 39.0 Å². The summed E-state index contributed by atoms with van der Waals surface area (Å²) in [6.07, 6.45) is 5.75. The highest BCUT2D eigenvalue weighted by molar-refractivity contribution is 7.09. The number of benzene rings is 1. The third kappa shape index (κ3) is 5.98. The second kappa shape index (κ2) is 10.6. The van der Waals surface area contributed by atoms with Gasteiger partial charge in [-0.3, -0.25) is 9.59 Å². The van der Waals surface area contributed by atoms with E-state index in [0.29, 0.717) is 31.7 Å². The maximum atomic E-state index is 12.6. The fourth-order valence-corrected chi connectivity index (χ4v) is 4.79. The van der Waals surface area contributed by atoms with Gasteiger partial charge in [0.2, 0.25) is 0 Å². The fourth-order valence-electron chi connectivity index (χ4n) is 3.82. The Bertz CT molecular complexity index is 1090. The number of carbonyl (C=O) groups is 2. The predicted molar refractivity (Wildman–Crippen MR) is 127 cm³/mol. The minimum Gasteiger partial charge on any atom is -0.484 e. The molecule has 0 saturated carbocycles. The Morgan fingerprint density at radius 1 is 1.24 bits per heavy atom. The van der Waals surface area contributed by atoms with Crippen molar-refractivity contribution in [2.75, 3.05) is 26.2 Å². The average molecular weight is 468 g/mol. The minimum absolute atomic E-state index is 0.00292. The van der Waals surface area contributed by atoms with Crippen LogP contribution in [-0.4, -0.2) is 57.9 Å². The number of amides is 2. The summed E-state index contributed by atoms with van der Waals surface area (Å²) in [5.74, 6) is 0.835. The van der Waals surface area contributed by atoms with E-state index in [4.69, 9.17) is 4.74 Å². The van der Waals surface area contributed by atoms with Crippen molar-refractivity contribution in [1.29, 1.82) is 0 Å². The molecule has 9 heteroatoms. The Hall–Kier alpha value is -3.20. The van der Waals surface area contributed by atoms with Gasteiger partial charge < -0.3 is 19.9 Å². The number of aromatic nitrogens is 3. The number of hydrogen-bond acceptors (Lipinski definition) is 6. The number of ether oxygens (including phenoxy) is 1. The number of carbonyl (C=O) groups excluding carboxylic acids is 2. The van der Waals surface area contributed by atoms with Gasteiger partial charge in [0.05, 0.1) is 11.3 Å².